The van der Waals surface area contributed by atoms with Crippen molar-refractivity contribution in [3.63, 3.8) is 0 Å². The Hall–Kier alpha value is -1.89. The van der Waals surface area contributed by atoms with Gasteiger partial charge in [0, 0.05) is 13.2 Å². The van der Waals surface area contributed by atoms with E-state index in [0.717, 1.165) is 0 Å². The number of carbonyl (C=O) groups excluding carboxylic acids is 1. The Labute approximate surface area is 97.4 Å². The van der Waals surface area contributed by atoms with E-state index in [4.69, 9.17) is 9.84 Å². The number of carbonyl (C=O) groups is 2. The van der Waals surface area contributed by atoms with Crippen LogP contribution in [0, 0.1) is 5.92 Å². The van der Waals surface area contributed by atoms with Crippen LogP contribution in [0.3, 0.4) is 0 Å². The second-order valence-corrected chi connectivity index (χ2v) is 3.94. The first-order valence-electron chi connectivity index (χ1n) is 5.19. The van der Waals surface area contributed by atoms with Gasteiger partial charge in [-0.3, -0.25) is 14.3 Å². The fourth-order valence-corrected chi connectivity index (χ4v) is 1.72. The number of nitrogens with zero attached hydrogens (tertiary/aromatic N) is 2. The molecule has 17 heavy (non-hydrogen) atoms. The number of aryl methyl sites for hydroxylation is 1. The lowest BCUT2D eigenvalue weighted by atomic mass is 10.0. The molecule has 0 aliphatic carbocycles. The Morgan fingerprint density at radius 1 is 1.59 bits per heavy atom. The number of carboxylic acid groups (broad SMARTS) is 1. The zero-order valence-corrected chi connectivity index (χ0v) is 9.29. The molecule has 0 radical (unpaired) electrons. The largest absolute Gasteiger partial charge is 0.481 e. The number of amides is 1. The summed E-state index contributed by atoms with van der Waals surface area (Å²) in [6, 6.07) is 1.07. The van der Waals surface area contributed by atoms with E-state index in [1.807, 2.05) is 0 Å². The Morgan fingerprint density at radius 3 is 2.94 bits per heavy atom. The summed E-state index contributed by atoms with van der Waals surface area (Å²) in [5.74, 6) is -2.04. The lowest BCUT2D eigenvalue weighted by Crippen LogP contribution is -2.42. The van der Waals surface area contributed by atoms with Gasteiger partial charge in [0.25, 0.3) is 5.91 Å². The molecular weight excluding hydrogens is 226 g/mol. The summed E-state index contributed by atoms with van der Waals surface area (Å²) >= 11 is 0. The van der Waals surface area contributed by atoms with Gasteiger partial charge in [-0.1, -0.05) is 0 Å². The quantitative estimate of drug-likeness (QED) is 0.723. The molecule has 1 aliphatic heterocycles. The molecule has 2 unspecified atom stereocenters. The lowest BCUT2D eigenvalue weighted by Gasteiger charge is -2.14. The van der Waals surface area contributed by atoms with E-state index < -0.39 is 17.9 Å². The van der Waals surface area contributed by atoms with E-state index in [0.29, 0.717) is 0 Å². The molecule has 0 saturated carbocycles. The summed E-state index contributed by atoms with van der Waals surface area (Å²) in [7, 11) is 1.70. The smallest absolute Gasteiger partial charge is 0.311 e. The molecule has 92 valence electrons. The highest BCUT2D eigenvalue weighted by Crippen LogP contribution is 2.14. The maximum absolute atomic E-state index is 11.7. The number of ether oxygens (including phenoxy) is 1. The number of aromatic nitrogens is 2. The molecule has 1 amide bonds. The van der Waals surface area contributed by atoms with Gasteiger partial charge in [-0.05, 0) is 6.07 Å². The maximum Gasteiger partial charge on any atom is 0.311 e. The average Bonchev–Trinajstić information content (AvgIpc) is 2.86. The Balaban J connectivity index is 2.01. The topological polar surface area (TPSA) is 93.5 Å². The lowest BCUT2D eigenvalue weighted by molar-refractivity contribution is -0.142. The van der Waals surface area contributed by atoms with Gasteiger partial charge in [-0.25, -0.2) is 0 Å². The highest BCUT2D eigenvalue weighted by Gasteiger charge is 2.35. The van der Waals surface area contributed by atoms with Crippen LogP contribution in [0.25, 0.3) is 0 Å². The fourth-order valence-electron chi connectivity index (χ4n) is 1.72. The van der Waals surface area contributed by atoms with Crippen LogP contribution in [0.4, 0.5) is 0 Å². The molecule has 1 saturated heterocycles. The number of hydrogen-bond donors (Lipinski definition) is 2. The van der Waals surface area contributed by atoms with Crippen molar-refractivity contribution in [1.29, 1.82) is 0 Å². The van der Waals surface area contributed by atoms with Crippen molar-refractivity contribution in [1.82, 2.24) is 15.1 Å². The molecular formula is C10H13N3O4. The van der Waals surface area contributed by atoms with Crippen molar-refractivity contribution in [2.24, 2.45) is 13.0 Å². The molecule has 0 spiro atoms. The van der Waals surface area contributed by atoms with Gasteiger partial charge < -0.3 is 15.2 Å². The molecule has 0 aromatic carbocycles. The first kappa shape index (κ1) is 11.6. The molecule has 2 heterocycles. The molecule has 7 nitrogen and oxygen atoms in total. The number of carboxylic acids is 1. The number of nitrogens with one attached hydrogen (secondary N) is 1. The van der Waals surface area contributed by atoms with Crippen molar-refractivity contribution in [2.45, 2.75) is 6.04 Å². The van der Waals surface area contributed by atoms with E-state index in [-0.39, 0.29) is 24.8 Å². The van der Waals surface area contributed by atoms with Crippen molar-refractivity contribution >= 4 is 11.9 Å². The molecule has 1 aliphatic rings. The third-order valence-electron chi connectivity index (χ3n) is 2.66. The molecule has 7 heteroatoms. The zero-order valence-electron chi connectivity index (χ0n) is 9.29. The van der Waals surface area contributed by atoms with Gasteiger partial charge >= 0.3 is 5.97 Å². The molecule has 1 fully saturated rings. The van der Waals surface area contributed by atoms with Crippen LogP contribution in [0.2, 0.25) is 0 Å². The molecule has 2 rings (SSSR count). The van der Waals surface area contributed by atoms with Crippen LogP contribution < -0.4 is 5.32 Å². The van der Waals surface area contributed by atoms with Crippen LogP contribution in [-0.4, -0.2) is 46.0 Å². The van der Waals surface area contributed by atoms with Crippen LogP contribution in [0.15, 0.2) is 12.3 Å². The van der Waals surface area contributed by atoms with Gasteiger partial charge in [-0.2, -0.15) is 5.10 Å². The van der Waals surface area contributed by atoms with Crippen molar-refractivity contribution in [2.75, 3.05) is 13.2 Å². The Bertz CT molecular complexity index is 443. The predicted molar refractivity (Wildman–Crippen MR) is 56.4 cm³/mol. The highest BCUT2D eigenvalue weighted by molar-refractivity contribution is 5.92. The van der Waals surface area contributed by atoms with Crippen LogP contribution >= 0.6 is 0 Å². The van der Waals surface area contributed by atoms with Crippen molar-refractivity contribution in [3.05, 3.63) is 18.0 Å². The van der Waals surface area contributed by atoms with E-state index >= 15 is 0 Å². The van der Waals surface area contributed by atoms with Gasteiger partial charge in [-0.15, -0.1) is 0 Å². The minimum Gasteiger partial charge on any atom is -0.481 e. The summed E-state index contributed by atoms with van der Waals surface area (Å²) in [6.07, 6.45) is 1.65. The summed E-state index contributed by atoms with van der Waals surface area (Å²) in [5.41, 5.74) is 0.267. The summed E-state index contributed by atoms with van der Waals surface area (Å²) in [6.45, 7) is 0.345. The average molecular weight is 239 g/mol. The molecule has 0 bridgehead atoms. The van der Waals surface area contributed by atoms with Crippen LogP contribution in [0.5, 0.6) is 0 Å². The number of hydrogen-bond acceptors (Lipinski definition) is 4. The molecule has 1 aromatic rings. The van der Waals surface area contributed by atoms with Crippen LogP contribution in [0.1, 0.15) is 10.5 Å². The standard InChI is InChI=1S/C10H13N3O4/c1-13-3-2-7(12-13)9(14)11-8-5-17-4-6(8)10(15)16/h2-3,6,8H,4-5H2,1H3,(H,11,14)(H,15,16). The first-order chi connectivity index (χ1) is 8.08. The van der Waals surface area contributed by atoms with E-state index in [1.54, 1.807) is 19.3 Å². The molecule has 1 aromatic heterocycles. The third-order valence-corrected chi connectivity index (χ3v) is 2.66. The van der Waals surface area contributed by atoms with Gasteiger partial charge in [0.05, 0.1) is 19.3 Å². The molecule has 2 N–H and O–H groups in total. The van der Waals surface area contributed by atoms with Gasteiger partial charge in [0.2, 0.25) is 0 Å². The van der Waals surface area contributed by atoms with Gasteiger partial charge in [0.15, 0.2) is 0 Å². The molecule has 2 atom stereocenters. The zero-order chi connectivity index (χ0) is 12.4. The third kappa shape index (κ3) is 2.44. The first-order valence-corrected chi connectivity index (χ1v) is 5.19. The second-order valence-electron chi connectivity index (χ2n) is 3.94. The van der Waals surface area contributed by atoms with Gasteiger partial charge in [0.1, 0.15) is 11.6 Å². The minimum atomic E-state index is -0.964. The Morgan fingerprint density at radius 2 is 2.35 bits per heavy atom. The minimum absolute atomic E-state index is 0.127. The van der Waals surface area contributed by atoms with Crippen molar-refractivity contribution < 1.29 is 19.4 Å². The Kier molecular flexibility index (Phi) is 3.10. The van der Waals surface area contributed by atoms with E-state index in [2.05, 4.69) is 10.4 Å². The summed E-state index contributed by atoms with van der Waals surface area (Å²) < 4.78 is 6.56. The van der Waals surface area contributed by atoms with E-state index in [1.165, 1.54) is 4.68 Å². The fraction of sp³-hybridized carbons (Fsp3) is 0.500. The monoisotopic (exact) mass is 239 g/mol. The summed E-state index contributed by atoms with van der Waals surface area (Å²) in [5, 5.41) is 15.5. The SMILES string of the molecule is Cn1ccc(C(=O)NC2COCC2C(=O)O)n1. The maximum atomic E-state index is 11.7. The van der Waals surface area contributed by atoms with E-state index in [9.17, 15) is 9.59 Å². The second kappa shape index (κ2) is 4.54. The number of rotatable bonds is 3. The highest BCUT2D eigenvalue weighted by atomic mass is 16.5. The number of aliphatic carboxylic acids is 1. The predicted octanol–water partition coefficient (Wildman–Crippen LogP) is -0.750. The summed E-state index contributed by atoms with van der Waals surface area (Å²) in [4.78, 5) is 22.6. The van der Waals surface area contributed by atoms with Crippen molar-refractivity contribution in [3.8, 4) is 0 Å². The normalized spacial score (nSPS) is 23.6. The van der Waals surface area contributed by atoms with Crippen LogP contribution in [-0.2, 0) is 16.6 Å².